The molecule has 3 rings (SSSR count). The predicted octanol–water partition coefficient (Wildman–Crippen LogP) is 3.54. The molecule has 6 heteroatoms. The third kappa shape index (κ3) is 6.32. The molecular weight excluding hydrogens is 590 g/mol. The van der Waals surface area contributed by atoms with Crippen LogP contribution in [0.2, 0.25) is 0 Å². The number of fused-ring (bicyclic) bond motifs is 1. The van der Waals surface area contributed by atoms with Crippen LogP contribution < -0.4 is 0 Å². The molecule has 106 valence electrons. The van der Waals surface area contributed by atoms with Gasteiger partial charge in [-0.2, -0.15) is 30.3 Å². The molecule has 0 saturated carbocycles. The molecule has 0 aliphatic rings. The molecule has 0 aliphatic carbocycles. The van der Waals surface area contributed by atoms with Gasteiger partial charge in [0.25, 0.3) is 0 Å². The second-order valence-electron chi connectivity index (χ2n) is 4.69. The Kier molecular flexibility index (Phi) is 14.8. The van der Waals surface area contributed by atoms with Crippen LogP contribution in [0, 0.1) is 26.1 Å². The summed E-state index contributed by atoms with van der Waals surface area (Å²) in [6.45, 7) is 4.02. The Balaban J connectivity index is 0. The summed E-state index contributed by atoms with van der Waals surface area (Å²) in [5.74, 6) is -0.0593. The molecule has 0 amide bonds. The average molecular weight is 603 g/mol. The van der Waals surface area contributed by atoms with E-state index < -0.39 is 0 Å². The summed E-state index contributed by atoms with van der Waals surface area (Å²) in [5, 5.41) is 1.08. The Labute approximate surface area is 237 Å². The van der Waals surface area contributed by atoms with Gasteiger partial charge in [-0.25, -0.2) is 0 Å². The first kappa shape index (κ1) is 27.3. The van der Waals surface area contributed by atoms with Crippen molar-refractivity contribution in [2.45, 2.75) is 13.8 Å². The zero-order valence-electron chi connectivity index (χ0n) is 13.2. The topological polar surface area (TPSA) is 22.0 Å². The van der Waals surface area contributed by atoms with Gasteiger partial charge in [0.15, 0.2) is 5.91 Å². The number of aryl methyl sites for hydroxylation is 2. The van der Waals surface area contributed by atoms with E-state index in [4.69, 9.17) is 0 Å². The molecule has 0 spiro atoms. The van der Waals surface area contributed by atoms with Gasteiger partial charge in [-0.1, -0.05) is 36.3 Å². The van der Waals surface area contributed by atoms with Crippen LogP contribution in [0.3, 0.4) is 0 Å². The fraction of sp³-hybridized carbons (Fsp3) is 0.118. The number of nitrogens with zero attached hydrogens (tertiary/aromatic N) is 1. The van der Waals surface area contributed by atoms with Gasteiger partial charge < -0.3 is 9.36 Å². The van der Waals surface area contributed by atoms with Crippen molar-refractivity contribution in [2.75, 3.05) is 0 Å². The fourth-order valence-electron chi connectivity index (χ4n) is 2.25. The first-order valence-corrected chi connectivity index (χ1v) is 6.18. The molecule has 0 unspecified atom stereocenters. The van der Waals surface area contributed by atoms with Crippen LogP contribution in [0.4, 0.5) is 0 Å². The number of carbonyl (C=O) groups excluding carboxylic acids is 1. The van der Waals surface area contributed by atoms with E-state index >= 15 is 0 Å². The number of aromatic nitrogens is 1. The van der Waals surface area contributed by atoms with Crippen LogP contribution in [-0.2, 0) is 131 Å². The quantitative estimate of drug-likeness (QED) is 0.391. The summed E-state index contributed by atoms with van der Waals surface area (Å²) < 4.78 is 1.60. The van der Waals surface area contributed by atoms with Crippen molar-refractivity contribution in [3.8, 4) is 0 Å². The molecule has 2 nitrogen and oxygen atoms in total. The van der Waals surface area contributed by atoms with Crippen LogP contribution in [0.25, 0.3) is 10.9 Å². The summed E-state index contributed by atoms with van der Waals surface area (Å²) in [6, 6.07) is 16.0. The number of benzene rings is 2. The summed E-state index contributed by atoms with van der Waals surface area (Å²) >= 11 is 0. The van der Waals surface area contributed by atoms with E-state index in [1.165, 1.54) is 5.56 Å². The van der Waals surface area contributed by atoms with E-state index in [1.807, 2.05) is 26.0 Å². The largest absolute Gasteiger partial charge is 0.412 e. The Morgan fingerprint density at radius 3 is 2.17 bits per heavy atom. The first-order valence-electron chi connectivity index (χ1n) is 6.18. The third-order valence-electron chi connectivity index (χ3n) is 3.24. The van der Waals surface area contributed by atoms with Crippen LogP contribution >= 0.6 is 0 Å². The van der Waals surface area contributed by atoms with Gasteiger partial charge >= 0.3 is 0 Å². The van der Waals surface area contributed by atoms with E-state index in [2.05, 4.69) is 18.3 Å². The van der Waals surface area contributed by atoms with Crippen molar-refractivity contribution in [2.24, 2.45) is 0 Å². The van der Waals surface area contributed by atoms with Gasteiger partial charge in [0.05, 0.1) is 0 Å². The van der Waals surface area contributed by atoms with E-state index in [-0.39, 0.29) is 137 Å². The third-order valence-corrected chi connectivity index (χ3v) is 3.24. The van der Waals surface area contributed by atoms with Crippen molar-refractivity contribution >= 4 is 16.8 Å². The molecule has 4 radical (unpaired) electrons. The number of hydrogen-bond acceptors (Lipinski definition) is 1. The smallest absolute Gasteiger partial charge is 0.153 e. The van der Waals surface area contributed by atoms with Crippen molar-refractivity contribution in [1.82, 2.24) is 4.57 Å². The van der Waals surface area contributed by atoms with Gasteiger partial charge in [-0.15, -0.1) is 22.6 Å². The zero-order chi connectivity index (χ0) is 13.4. The minimum absolute atomic E-state index is 0. The fourth-order valence-corrected chi connectivity index (χ4v) is 2.25. The predicted molar refractivity (Wildman–Crippen MR) is 75.3 cm³/mol. The molecule has 0 aliphatic heterocycles. The van der Waals surface area contributed by atoms with E-state index in [1.54, 1.807) is 28.8 Å². The maximum atomic E-state index is 12.5. The van der Waals surface area contributed by atoms with Gasteiger partial charge in [0, 0.05) is 131 Å². The Morgan fingerprint density at radius 2 is 1.57 bits per heavy atom. The maximum absolute atomic E-state index is 12.5. The SMILES string of the molecule is Cc1ccc2c(c1)c(C)[c-]n2C(=O)c1cc[c-]cc1.[Y].[Y].[Y].[Y]. The van der Waals surface area contributed by atoms with Crippen molar-refractivity contribution in [3.05, 3.63) is 71.4 Å². The normalized spacial score (nSPS) is 8.96. The molecule has 1 aromatic heterocycles. The van der Waals surface area contributed by atoms with Gasteiger partial charge in [-0.05, 0) is 6.92 Å². The van der Waals surface area contributed by atoms with E-state index in [0.717, 1.165) is 16.5 Å². The Hall–Kier alpha value is 2.07. The van der Waals surface area contributed by atoms with E-state index in [0.29, 0.717) is 5.56 Å². The first-order chi connectivity index (χ1) is 9.16. The summed E-state index contributed by atoms with van der Waals surface area (Å²) in [4.78, 5) is 12.5. The van der Waals surface area contributed by atoms with Crippen molar-refractivity contribution in [3.63, 3.8) is 0 Å². The molecule has 0 fully saturated rings. The van der Waals surface area contributed by atoms with Gasteiger partial charge in [-0.3, -0.25) is 0 Å². The molecule has 23 heavy (non-hydrogen) atoms. The summed E-state index contributed by atoms with van der Waals surface area (Å²) in [7, 11) is 0. The average Bonchev–Trinajstić information content (AvgIpc) is 2.76. The van der Waals surface area contributed by atoms with E-state index in [9.17, 15) is 4.79 Å². The Bertz CT molecular complexity index is 769. The number of carbonyl (C=O) groups is 1. The molecule has 2 aromatic carbocycles. The van der Waals surface area contributed by atoms with Crippen LogP contribution in [0.5, 0.6) is 0 Å². The molecule has 1 heterocycles. The van der Waals surface area contributed by atoms with Crippen LogP contribution in [-0.4, -0.2) is 10.5 Å². The molecule has 0 saturated heterocycles. The standard InChI is InChI=1S/C17H13NO.4Y/c1-12-8-9-16-15(10-12)13(2)11-18(16)17(19)14-6-4-3-5-7-14;;;;/h4-10H,1-2H3;;;;/q-2;;;;. The number of rotatable bonds is 1. The molecular formula is C17H13NOY4-2. The van der Waals surface area contributed by atoms with Crippen molar-refractivity contribution in [1.29, 1.82) is 0 Å². The molecule has 0 N–H and O–H groups in total. The van der Waals surface area contributed by atoms with Gasteiger partial charge in [0.1, 0.15) is 0 Å². The monoisotopic (exact) mass is 603 g/mol. The van der Waals surface area contributed by atoms with Gasteiger partial charge in [0.2, 0.25) is 0 Å². The van der Waals surface area contributed by atoms with Crippen LogP contribution in [0.15, 0.2) is 42.5 Å². The minimum Gasteiger partial charge on any atom is -0.412 e. The second-order valence-corrected chi connectivity index (χ2v) is 4.69. The van der Waals surface area contributed by atoms with Crippen molar-refractivity contribution < 1.29 is 136 Å². The van der Waals surface area contributed by atoms with Crippen LogP contribution in [0.1, 0.15) is 21.5 Å². The Morgan fingerprint density at radius 1 is 0.957 bits per heavy atom. The molecule has 3 aromatic rings. The second kappa shape index (κ2) is 12.5. The maximum Gasteiger partial charge on any atom is 0.153 e. The number of hydrogen-bond donors (Lipinski definition) is 0. The summed E-state index contributed by atoms with van der Waals surface area (Å²) in [6.07, 6.45) is 3.14. The molecule has 0 bridgehead atoms. The molecule has 0 atom stereocenters. The zero-order valence-corrected chi connectivity index (χ0v) is 24.6. The minimum atomic E-state index is -0.0593. The summed E-state index contributed by atoms with van der Waals surface area (Å²) in [5.41, 5.74) is 3.73.